The van der Waals surface area contributed by atoms with E-state index in [9.17, 15) is 4.79 Å². The van der Waals surface area contributed by atoms with Crippen molar-refractivity contribution in [3.8, 4) is 0 Å². The average molecular weight is 382 g/mol. The third kappa shape index (κ3) is 7.20. The minimum atomic E-state index is -0.203. The van der Waals surface area contributed by atoms with Gasteiger partial charge in [0.25, 0.3) is 0 Å². The molecule has 0 aromatic rings. The van der Waals surface area contributed by atoms with Gasteiger partial charge in [-0.3, -0.25) is 4.99 Å². The summed E-state index contributed by atoms with van der Waals surface area (Å²) < 4.78 is 5.09. The van der Waals surface area contributed by atoms with Gasteiger partial charge in [0, 0.05) is 45.3 Å². The third-order valence-corrected chi connectivity index (χ3v) is 5.50. The Morgan fingerprint density at radius 3 is 2.48 bits per heavy atom. The molecular weight excluding hydrogens is 342 g/mol. The Labute approximate surface area is 165 Å². The molecule has 7 nitrogen and oxygen atoms in total. The molecule has 0 aliphatic carbocycles. The normalized spacial score (nSPS) is 22.0. The van der Waals surface area contributed by atoms with Gasteiger partial charge in [-0.05, 0) is 59.5 Å². The zero-order valence-electron chi connectivity index (χ0n) is 17.6. The number of likely N-dealkylation sites (tertiary alicyclic amines) is 1. The van der Waals surface area contributed by atoms with Crippen LogP contribution < -0.4 is 5.32 Å². The summed E-state index contributed by atoms with van der Waals surface area (Å²) in [5, 5.41) is 3.40. The van der Waals surface area contributed by atoms with Crippen LogP contribution in [0.3, 0.4) is 0 Å². The van der Waals surface area contributed by atoms with Gasteiger partial charge in [-0.15, -0.1) is 0 Å². The molecular formula is C20H39N5O2. The average Bonchev–Trinajstić information content (AvgIpc) is 2.68. The lowest BCUT2D eigenvalue weighted by Crippen LogP contribution is -2.53. The summed E-state index contributed by atoms with van der Waals surface area (Å²) in [4.78, 5) is 23.3. The number of hydrogen-bond acceptors (Lipinski definition) is 4. The molecule has 1 atom stereocenters. The Morgan fingerprint density at radius 2 is 1.81 bits per heavy atom. The van der Waals surface area contributed by atoms with Crippen LogP contribution in [0.15, 0.2) is 4.99 Å². The summed E-state index contributed by atoms with van der Waals surface area (Å²) in [6.45, 7) is 13.9. The van der Waals surface area contributed by atoms with E-state index in [2.05, 4.69) is 29.0 Å². The van der Waals surface area contributed by atoms with E-state index in [1.165, 1.54) is 38.8 Å². The number of unbranched alkanes of at least 4 members (excludes halogenated alkanes) is 1. The van der Waals surface area contributed by atoms with E-state index in [4.69, 9.17) is 9.73 Å². The molecule has 2 rings (SSSR count). The molecule has 0 bridgehead atoms. The molecule has 0 aromatic heterocycles. The van der Waals surface area contributed by atoms with Crippen LogP contribution in [0.2, 0.25) is 0 Å². The van der Waals surface area contributed by atoms with Crippen LogP contribution in [0.4, 0.5) is 4.79 Å². The summed E-state index contributed by atoms with van der Waals surface area (Å²) in [5.74, 6) is 0.979. The van der Waals surface area contributed by atoms with Crippen molar-refractivity contribution >= 4 is 12.1 Å². The molecule has 27 heavy (non-hydrogen) atoms. The summed E-state index contributed by atoms with van der Waals surface area (Å²) in [6.07, 6.45) is 6.22. The van der Waals surface area contributed by atoms with Crippen LogP contribution in [0, 0.1) is 0 Å². The minimum absolute atomic E-state index is 0.203. The van der Waals surface area contributed by atoms with Gasteiger partial charge in [-0.1, -0.05) is 6.42 Å². The first kappa shape index (κ1) is 21.8. The van der Waals surface area contributed by atoms with Gasteiger partial charge in [-0.2, -0.15) is 0 Å². The summed E-state index contributed by atoms with van der Waals surface area (Å²) >= 11 is 0. The fourth-order valence-electron chi connectivity index (χ4n) is 3.84. The van der Waals surface area contributed by atoms with E-state index in [0.717, 1.165) is 44.6 Å². The number of amides is 1. The second kappa shape index (κ2) is 12.1. The molecule has 2 aliphatic rings. The first-order chi connectivity index (χ1) is 13.2. The number of carbonyl (C=O) groups is 1. The standard InChI is InChI=1S/C20H39N5O2/c1-4-21-19(24-14-16-25(17-15-24)20(26)27-5-2)22-11-7-9-13-23-12-8-6-10-18(23)3/h18H,4-17H2,1-3H3,(H,21,22). The van der Waals surface area contributed by atoms with Gasteiger partial charge < -0.3 is 24.8 Å². The smallest absolute Gasteiger partial charge is 0.409 e. The summed E-state index contributed by atoms with van der Waals surface area (Å²) in [6, 6.07) is 0.746. The van der Waals surface area contributed by atoms with E-state index >= 15 is 0 Å². The highest BCUT2D eigenvalue weighted by Gasteiger charge is 2.23. The Bertz CT molecular complexity index is 463. The number of piperazine rings is 1. The highest BCUT2D eigenvalue weighted by atomic mass is 16.6. The predicted molar refractivity (Wildman–Crippen MR) is 110 cm³/mol. The monoisotopic (exact) mass is 381 g/mol. The maximum atomic E-state index is 11.8. The number of ether oxygens (including phenoxy) is 1. The number of carbonyl (C=O) groups excluding carboxylic acids is 1. The van der Waals surface area contributed by atoms with E-state index in [0.29, 0.717) is 19.7 Å². The van der Waals surface area contributed by atoms with Gasteiger partial charge in [-0.25, -0.2) is 4.79 Å². The Kier molecular flexibility index (Phi) is 9.73. The van der Waals surface area contributed by atoms with Crippen LogP contribution in [0.5, 0.6) is 0 Å². The molecule has 1 unspecified atom stereocenters. The number of hydrogen-bond donors (Lipinski definition) is 1. The van der Waals surface area contributed by atoms with Gasteiger partial charge in [0.2, 0.25) is 0 Å². The second-order valence-corrected chi connectivity index (χ2v) is 7.50. The third-order valence-electron chi connectivity index (χ3n) is 5.50. The highest BCUT2D eigenvalue weighted by Crippen LogP contribution is 2.16. The van der Waals surface area contributed by atoms with Gasteiger partial charge in [0.15, 0.2) is 5.96 Å². The Hall–Kier alpha value is -1.50. The van der Waals surface area contributed by atoms with Crippen LogP contribution in [0.25, 0.3) is 0 Å². The summed E-state index contributed by atoms with van der Waals surface area (Å²) in [7, 11) is 0. The maximum absolute atomic E-state index is 11.8. The van der Waals surface area contributed by atoms with Crippen molar-refractivity contribution in [1.82, 2.24) is 20.0 Å². The van der Waals surface area contributed by atoms with E-state index in [-0.39, 0.29) is 6.09 Å². The lowest BCUT2D eigenvalue weighted by molar-refractivity contribution is 0.0914. The first-order valence-corrected chi connectivity index (χ1v) is 10.8. The number of nitrogens with zero attached hydrogens (tertiary/aromatic N) is 4. The van der Waals surface area contributed by atoms with Gasteiger partial charge >= 0.3 is 6.09 Å². The lowest BCUT2D eigenvalue weighted by Gasteiger charge is -2.36. The van der Waals surface area contributed by atoms with Crippen molar-refractivity contribution in [1.29, 1.82) is 0 Å². The molecule has 156 valence electrons. The minimum Gasteiger partial charge on any atom is -0.450 e. The zero-order chi connectivity index (χ0) is 19.5. The molecule has 7 heteroatoms. The molecule has 2 fully saturated rings. The number of guanidine groups is 1. The predicted octanol–water partition coefficient (Wildman–Crippen LogP) is 2.38. The van der Waals surface area contributed by atoms with E-state index in [1.54, 1.807) is 4.90 Å². The van der Waals surface area contributed by atoms with Crippen LogP contribution in [-0.4, -0.2) is 91.8 Å². The van der Waals surface area contributed by atoms with Crippen molar-refractivity contribution in [3.63, 3.8) is 0 Å². The highest BCUT2D eigenvalue weighted by molar-refractivity contribution is 5.80. The first-order valence-electron chi connectivity index (χ1n) is 10.8. The van der Waals surface area contributed by atoms with Crippen molar-refractivity contribution in [3.05, 3.63) is 0 Å². The largest absolute Gasteiger partial charge is 0.450 e. The van der Waals surface area contributed by atoms with Crippen LogP contribution >= 0.6 is 0 Å². The molecule has 1 amide bonds. The fraction of sp³-hybridized carbons (Fsp3) is 0.900. The van der Waals surface area contributed by atoms with Crippen molar-refractivity contribution in [2.45, 2.75) is 58.9 Å². The molecule has 0 aromatic carbocycles. The SMILES string of the molecule is CCNC(=NCCCCN1CCCCC1C)N1CCN(C(=O)OCC)CC1. The topological polar surface area (TPSA) is 60.4 Å². The molecule has 2 saturated heterocycles. The second-order valence-electron chi connectivity index (χ2n) is 7.50. The van der Waals surface area contributed by atoms with Crippen LogP contribution in [0.1, 0.15) is 52.9 Å². The van der Waals surface area contributed by atoms with Crippen molar-refractivity contribution < 1.29 is 9.53 Å². The lowest BCUT2D eigenvalue weighted by atomic mass is 10.0. The number of aliphatic imine (C=N–C) groups is 1. The molecule has 2 aliphatic heterocycles. The summed E-state index contributed by atoms with van der Waals surface area (Å²) in [5.41, 5.74) is 0. The quantitative estimate of drug-likeness (QED) is 0.417. The van der Waals surface area contributed by atoms with Crippen molar-refractivity contribution in [2.75, 3.05) is 59.0 Å². The Balaban J connectivity index is 1.71. The molecule has 0 radical (unpaired) electrons. The van der Waals surface area contributed by atoms with Gasteiger partial charge in [0.05, 0.1) is 6.61 Å². The van der Waals surface area contributed by atoms with Crippen LogP contribution in [-0.2, 0) is 4.74 Å². The zero-order valence-corrected chi connectivity index (χ0v) is 17.6. The van der Waals surface area contributed by atoms with E-state index < -0.39 is 0 Å². The number of piperidine rings is 1. The molecule has 0 saturated carbocycles. The molecule has 2 heterocycles. The fourth-order valence-corrected chi connectivity index (χ4v) is 3.84. The van der Waals surface area contributed by atoms with Gasteiger partial charge in [0.1, 0.15) is 0 Å². The number of nitrogens with one attached hydrogen (secondary N) is 1. The van der Waals surface area contributed by atoms with E-state index in [1.807, 2.05) is 6.92 Å². The molecule has 0 spiro atoms. The Morgan fingerprint density at radius 1 is 1.07 bits per heavy atom. The van der Waals surface area contributed by atoms with Crippen molar-refractivity contribution in [2.24, 2.45) is 4.99 Å². The molecule has 1 N–H and O–H groups in total. The number of rotatable bonds is 7. The maximum Gasteiger partial charge on any atom is 0.409 e.